The summed E-state index contributed by atoms with van der Waals surface area (Å²) in [4.78, 5) is 10.8. The molecule has 1 aliphatic rings. The van der Waals surface area contributed by atoms with Crippen molar-refractivity contribution in [3.8, 4) is 6.07 Å². The van der Waals surface area contributed by atoms with Crippen molar-refractivity contribution in [1.82, 2.24) is 5.32 Å². The van der Waals surface area contributed by atoms with E-state index in [1.807, 2.05) is 0 Å². The van der Waals surface area contributed by atoms with Gasteiger partial charge in [-0.15, -0.1) is 0 Å². The topological polar surface area (TPSA) is 73.1 Å². The van der Waals surface area contributed by atoms with E-state index in [4.69, 9.17) is 10.4 Å². The molecule has 0 aromatic carbocycles. The van der Waals surface area contributed by atoms with E-state index in [0.29, 0.717) is 0 Å². The zero-order valence-electron chi connectivity index (χ0n) is 6.94. The SMILES string of the molecule is CC1=C(C#N)[C@](O)(C(F)(F)F)C(=O)N1. The number of amides is 1. The molecule has 1 atom stereocenters. The van der Waals surface area contributed by atoms with Crippen molar-refractivity contribution in [2.75, 3.05) is 0 Å². The second-order valence-electron chi connectivity index (χ2n) is 2.77. The fraction of sp³-hybridized carbons (Fsp3) is 0.429. The molecule has 0 saturated carbocycles. The maximum absolute atomic E-state index is 12.3. The van der Waals surface area contributed by atoms with Gasteiger partial charge in [-0.25, -0.2) is 0 Å². The number of halogens is 3. The largest absolute Gasteiger partial charge is 0.431 e. The number of carbonyl (C=O) groups is 1. The normalized spacial score (nSPS) is 27.6. The highest BCUT2D eigenvalue weighted by Crippen LogP contribution is 2.40. The van der Waals surface area contributed by atoms with Crippen LogP contribution < -0.4 is 5.32 Å². The summed E-state index contributed by atoms with van der Waals surface area (Å²) in [5, 5.41) is 19.3. The molecule has 0 radical (unpaired) electrons. The van der Waals surface area contributed by atoms with Crippen LogP contribution in [-0.2, 0) is 4.79 Å². The van der Waals surface area contributed by atoms with Crippen molar-refractivity contribution in [3.05, 3.63) is 11.3 Å². The van der Waals surface area contributed by atoms with Crippen LogP contribution in [0.2, 0.25) is 0 Å². The monoisotopic (exact) mass is 206 g/mol. The standard InChI is InChI=1S/C7H5F3N2O2/c1-3-4(2-11)6(14,5(13)12-3)7(8,9)10/h14H,1H3,(H,12,13)/t6-/m1/s1. The van der Waals surface area contributed by atoms with Crippen LogP contribution >= 0.6 is 0 Å². The second-order valence-corrected chi connectivity index (χ2v) is 2.77. The number of carbonyl (C=O) groups excluding carboxylic acids is 1. The van der Waals surface area contributed by atoms with Gasteiger partial charge < -0.3 is 10.4 Å². The summed E-state index contributed by atoms with van der Waals surface area (Å²) in [6, 6.07) is 1.17. The molecule has 2 N–H and O–H groups in total. The Labute approximate surface area is 76.6 Å². The Bertz CT molecular complexity index is 366. The van der Waals surface area contributed by atoms with Gasteiger partial charge in [0.05, 0.1) is 5.57 Å². The molecule has 0 bridgehead atoms. The molecular weight excluding hydrogens is 201 g/mol. The van der Waals surface area contributed by atoms with Gasteiger partial charge >= 0.3 is 6.18 Å². The highest BCUT2D eigenvalue weighted by atomic mass is 19.4. The number of rotatable bonds is 0. The van der Waals surface area contributed by atoms with Gasteiger partial charge in [0, 0.05) is 5.70 Å². The molecule has 1 amide bonds. The number of hydrogen-bond acceptors (Lipinski definition) is 3. The molecule has 1 aliphatic heterocycles. The number of allylic oxidation sites excluding steroid dienone is 1. The molecule has 0 spiro atoms. The van der Waals surface area contributed by atoms with E-state index in [-0.39, 0.29) is 5.70 Å². The number of nitriles is 1. The highest BCUT2D eigenvalue weighted by Gasteiger charge is 2.65. The van der Waals surface area contributed by atoms with E-state index in [9.17, 15) is 18.0 Å². The first kappa shape index (κ1) is 10.5. The van der Waals surface area contributed by atoms with Gasteiger partial charge in [-0.1, -0.05) is 0 Å². The molecule has 0 unspecified atom stereocenters. The van der Waals surface area contributed by atoms with Gasteiger partial charge in [0.1, 0.15) is 6.07 Å². The summed E-state index contributed by atoms with van der Waals surface area (Å²) in [7, 11) is 0. The van der Waals surface area contributed by atoms with E-state index in [1.165, 1.54) is 6.07 Å². The first-order chi connectivity index (χ1) is 6.25. The van der Waals surface area contributed by atoms with Crippen molar-refractivity contribution >= 4 is 5.91 Å². The predicted octanol–water partition coefficient (Wildman–Crippen LogP) is 0.207. The maximum atomic E-state index is 12.3. The van der Waals surface area contributed by atoms with E-state index in [0.717, 1.165) is 6.92 Å². The number of aliphatic hydroxyl groups is 1. The molecule has 0 aliphatic carbocycles. The van der Waals surface area contributed by atoms with E-state index >= 15 is 0 Å². The molecule has 1 heterocycles. The van der Waals surface area contributed by atoms with Gasteiger partial charge in [-0.2, -0.15) is 18.4 Å². The summed E-state index contributed by atoms with van der Waals surface area (Å²) < 4.78 is 36.9. The summed E-state index contributed by atoms with van der Waals surface area (Å²) in [6.07, 6.45) is -5.19. The zero-order chi connectivity index (χ0) is 11.1. The molecular formula is C7H5F3N2O2. The van der Waals surface area contributed by atoms with Crippen LogP contribution in [0.3, 0.4) is 0 Å². The molecule has 14 heavy (non-hydrogen) atoms. The minimum Gasteiger partial charge on any atom is -0.368 e. The third-order valence-corrected chi connectivity index (χ3v) is 1.89. The Kier molecular flexibility index (Phi) is 2.04. The van der Waals surface area contributed by atoms with Crippen LogP contribution in [0.5, 0.6) is 0 Å². The fourth-order valence-corrected chi connectivity index (χ4v) is 1.14. The van der Waals surface area contributed by atoms with Crippen LogP contribution in [0.1, 0.15) is 6.92 Å². The van der Waals surface area contributed by atoms with E-state index in [1.54, 1.807) is 5.32 Å². The van der Waals surface area contributed by atoms with Gasteiger partial charge in [-0.05, 0) is 6.92 Å². The summed E-state index contributed by atoms with van der Waals surface area (Å²) >= 11 is 0. The third kappa shape index (κ3) is 1.08. The first-order valence-electron chi connectivity index (χ1n) is 3.47. The first-order valence-corrected chi connectivity index (χ1v) is 3.47. The maximum Gasteiger partial charge on any atom is 0.431 e. The molecule has 7 heteroatoms. The number of nitrogens with one attached hydrogen (secondary N) is 1. The number of hydrogen-bond donors (Lipinski definition) is 2. The van der Waals surface area contributed by atoms with Crippen molar-refractivity contribution in [1.29, 1.82) is 5.26 Å². The Morgan fingerprint density at radius 2 is 2.07 bits per heavy atom. The average molecular weight is 206 g/mol. The van der Waals surface area contributed by atoms with Crippen LogP contribution in [-0.4, -0.2) is 22.8 Å². The van der Waals surface area contributed by atoms with Crippen molar-refractivity contribution < 1.29 is 23.1 Å². The minimum absolute atomic E-state index is 0.280. The highest BCUT2D eigenvalue weighted by molar-refractivity contribution is 5.95. The van der Waals surface area contributed by atoms with Crippen molar-refractivity contribution in [3.63, 3.8) is 0 Å². The average Bonchev–Trinajstić information content (AvgIpc) is 2.23. The predicted molar refractivity (Wildman–Crippen MR) is 37.5 cm³/mol. The van der Waals surface area contributed by atoms with Gasteiger partial charge in [0.2, 0.25) is 0 Å². The van der Waals surface area contributed by atoms with Crippen molar-refractivity contribution in [2.45, 2.75) is 18.7 Å². The number of nitrogens with zero attached hydrogens (tertiary/aromatic N) is 1. The lowest BCUT2D eigenvalue weighted by Crippen LogP contribution is -2.53. The van der Waals surface area contributed by atoms with Crippen LogP contribution in [0.25, 0.3) is 0 Å². The minimum atomic E-state index is -5.19. The summed E-state index contributed by atoms with van der Waals surface area (Å²) in [5.74, 6) is -1.64. The van der Waals surface area contributed by atoms with Crippen LogP contribution in [0.15, 0.2) is 11.3 Å². The quantitative estimate of drug-likeness (QED) is 0.594. The van der Waals surface area contributed by atoms with Crippen LogP contribution in [0.4, 0.5) is 13.2 Å². The molecule has 0 aromatic heterocycles. The fourth-order valence-electron chi connectivity index (χ4n) is 1.14. The Balaban J connectivity index is 3.36. The Morgan fingerprint density at radius 3 is 2.36 bits per heavy atom. The molecule has 1 rings (SSSR count). The van der Waals surface area contributed by atoms with Gasteiger partial charge in [-0.3, -0.25) is 4.79 Å². The lowest BCUT2D eigenvalue weighted by molar-refractivity contribution is -0.234. The molecule has 0 saturated heterocycles. The Morgan fingerprint density at radius 1 is 1.57 bits per heavy atom. The van der Waals surface area contributed by atoms with E-state index < -0.39 is 23.3 Å². The van der Waals surface area contributed by atoms with E-state index in [2.05, 4.69) is 0 Å². The summed E-state index contributed by atoms with van der Waals surface area (Å²) in [6.45, 7) is 1.11. The Hall–Kier alpha value is -1.55. The molecule has 0 fully saturated rings. The number of alkyl halides is 3. The lowest BCUT2D eigenvalue weighted by atomic mass is 9.95. The van der Waals surface area contributed by atoms with Crippen molar-refractivity contribution in [2.24, 2.45) is 0 Å². The third-order valence-electron chi connectivity index (χ3n) is 1.89. The molecule has 4 nitrogen and oxygen atoms in total. The molecule has 0 aromatic rings. The van der Waals surface area contributed by atoms with Gasteiger partial charge in [0.15, 0.2) is 0 Å². The molecule has 76 valence electrons. The van der Waals surface area contributed by atoms with Gasteiger partial charge in [0.25, 0.3) is 11.5 Å². The van der Waals surface area contributed by atoms with Crippen LogP contribution in [0, 0.1) is 11.3 Å². The summed E-state index contributed by atoms with van der Waals surface area (Å²) in [5.41, 5.74) is -4.99. The lowest BCUT2D eigenvalue weighted by Gasteiger charge is -2.22. The second kappa shape index (κ2) is 2.72. The zero-order valence-corrected chi connectivity index (χ0v) is 6.94. The smallest absolute Gasteiger partial charge is 0.368 e.